The second-order valence-electron chi connectivity index (χ2n) is 14.4. The summed E-state index contributed by atoms with van der Waals surface area (Å²) in [5.74, 6) is 0. The van der Waals surface area contributed by atoms with Crippen LogP contribution in [0.15, 0.2) is 206 Å². The van der Waals surface area contributed by atoms with Crippen LogP contribution in [-0.2, 0) is 5.41 Å². The van der Waals surface area contributed by atoms with Crippen LogP contribution in [0.4, 0.5) is 0 Å². The van der Waals surface area contributed by atoms with E-state index in [1.165, 1.54) is 98.7 Å². The summed E-state index contributed by atoms with van der Waals surface area (Å²) in [5.41, 5.74) is 12.3. The van der Waals surface area contributed by atoms with E-state index in [2.05, 4.69) is 206 Å². The molecule has 0 heterocycles. The average Bonchev–Trinajstić information content (AvgIpc) is 3.24. The summed E-state index contributed by atoms with van der Waals surface area (Å²) < 4.78 is 0. The van der Waals surface area contributed by atoms with Crippen LogP contribution in [-0.4, -0.2) is 0 Å². The Bertz CT molecular complexity index is 3000. The molecule has 0 saturated carbocycles. The van der Waals surface area contributed by atoms with E-state index >= 15 is 0 Å². The largest absolute Gasteiger partial charge is 0.0713 e. The zero-order chi connectivity index (χ0) is 34.9. The van der Waals surface area contributed by atoms with Crippen molar-refractivity contribution in [2.75, 3.05) is 0 Å². The molecule has 10 aromatic carbocycles. The molecule has 0 amide bonds. The van der Waals surface area contributed by atoms with E-state index in [-0.39, 0.29) is 0 Å². The Morgan fingerprint density at radius 3 is 1.72 bits per heavy atom. The number of hydrogen-bond donors (Lipinski definition) is 0. The first kappa shape index (κ1) is 29.9. The van der Waals surface area contributed by atoms with E-state index in [1.807, 2.05) is 0 Å². The molecule has 0 atom stereocenters. The Balaban J connectivity index is 1.20. The molecule has 10 aromatic rings. The maximum atomic E-state index is 2.42. The second kappa shape index (κ2) is 11.6. The van der Waals surface area contributed by atoms with Crippen molar-refractivity contribution in [3.05, 3.63) is 229 Å². The van der Waals surface area contributed by atoms with Crippen LogP contribution in [0.25, 0.3) is 76.5 Å². The van der Waals surface area contributed by atoms with Gasteiger partial charge in [0.1, 0.15) is 0 Å². The van der Waals surface area contributed by atoms with Gasteiger partial charge in [0.25, 0.3) is 0 Å². The fourth-order valence-electron chi connectivity index (χ4n) is 9.52. The molecule has 0 bridgehead atoms. The van der Waals surface area contributed by atoms with Crippen molar-refractivity contribution >= 4 is 43.1 Å². The molecular formula is C53H34. The molecule has 53 heavy (non-hydrogen) atoms. The van der Waals surface area contributed by atoms with Gasteiger partial charge in [-0.1, -0.05) is 194 Å². The predicted molar refractivity (Wildman–Crippen MR) is 225 cm³/mol. The van der Waals surface area contributed by atoms with Gasteiger partial charge in [-0.2, -0.15) is 0 Å². The van der Waals surface area contributed by atoms with Crippen molar-refractivity contribution < 1.29 is 0 Å². The summed E-state index contributed by atoms with van der Waals surface area (Å²) >= 11 is 0. The third-order valence-corrected chi connectivity index (χ3v) is 11.7. The van der Waals surface area contributed by atoms with Gasteiger partial charge in [0.05, 0.1) is 5.41 Å². The van der Waals surface area contributed by atoms with Crippen molar-refractivity contribution in [2.45, 2.75) is 5.41 Å². The SMILES string of the molecule is c1ccc(C2(c3ccccc3)c3ccccc3-c3cccc4c(-c5cccc(-c6c7ccccc7cc7c6ccc6ccccc67)c5)ccc2c34)cc1. The van der Waals surface area contributed by atoms with E-state index in [0.717, 1.165) is 0 Å². The van der Waals surface area contributed by atoms with Crippen molar-refractivity contribution in [1.29, 1.82) is 0 Å². The third-order valence-electron chi connectivity index (χ3n) is 11.7. The third kappa shape index (κ3) is 4.30. The quantitative estimate of drug-likeness (QED) is 0.129. The Morgan fingerprint density at radius 2 is 0.906 bits per heavy atom. The van der Waals surface area contributed by atoms with Gasteiger partial charge >= 0.3 is 0 Å². The molecule has 0 nitrogen and oxygen atoms in total. The predicted octanol–water partition coefficient (Wildman–Crippen LogP) is 14.0. The van der Waals surface area contributed by atoms with Crippen LogP contribution in [0.1, 0.15) is 22.3 Å². The minimum absolute atomic E-state index is 0.475. The van der Waals surface area contributed by atoms with Gasteiger partial charge in [0, 0.05) is 0 Å². The molecule has 1 aliphatic rings. The van der Waals surface area contributed by atoms with Crippen LogP contribution in [0.3, 0.4) is 0 Å². The molecule has 0 N–H and O–H groups in total. The lowest BCUT2D eigenvalue weighted by Crippen LogP contribution is -2.33. The van der Waals surface area contributed by atoms with E-state index in [1.54, 1.807) is 0 Å². The molecule has 11 rings (SSSR count). The summed E-state index contributed by atoms with van der Waals surface area (Å²) in [6.07, 6.45) is 0. The molecule has 1 aliphatic carbocycles. The topological polar surface area (TPSA) is 0 Å². The molecule has 0 spiro atoms. The molecule has 0 radical (unpaired) electrons. The first-order valence-corrected chi connectivity index (χ1v) is 18.5. The lowest BCUT2D eigenvalue weighted by atomic mass is 9.59. The first-order chi connectivity index (χ1) is 26.3. The Morgan fingerprint density at radius 1 is 0.283 bits per heavy atom. The lowest BCUT2D eigenvalue weighted by Gasteiger charge is -2.42. The maximum absolute atomic E-state index is 2.42. The fourth-order valence-corrected chi connectivity index (χ4v) is 9.52. The summed E-state index contributed by atoms with van der Waals surface area (Å²) in [6.45, 7) is 0. The van der Waals surface area contributed by atoms with E-state index in [0.29, 0.717) is 0 Å². The summed E-state index contributed by atoms with van der Waals surface area (Å²) in [6, 6.07) is 76.7. The van der Waals surface area contributed by atoms with Gasteiger partial charge in [-0.05, 0) is 111 Å². The molecular weight excluding hydrogens is 637 g/mol. The van der Waals surface area contributed by atoms with Crippen molar-refractivity contribution in [3.63, 3.8) is 0 Å². The monoisotopic (exact) mass is 670 g/mol. The summed E-state index contributed by atoms with van der Waals surface area (Å²) in [4.78, 5) is 0. The summed E-state index contributed by atoms with van der Waals surface area (Å²) in [5, 5.41) is 10.3. The Labute approximate surface area is 309 Å². The normalized spacial score (nSPS) is 13.1. The van der Waals surface area contributed by atoms with E-state index < -0.39 is 5.41 Å². The van der Waals surface area contributed by atoms with Crippen molar-refractivity contribution in [2.24, 2.45) is 0 Å². The van der Waals surface area contributed by atoms with Gasteiger partial charge in [-0.25, -0.2) is 0 Å². The maximum Gasteiger partial charge on any atom is 0.0713 e. The molecule has 246 valence electrons. The van der Waals surface area contributed by atoms with Gasteiger partial charge in [0.2, 0.25) is 0 Å². The summed E-state index contributed by atoms with van der Waals surface area (Å²) in [7, 11) is 0. The van der Waals surface area contributed by atoms with Crippen molar-refractivity contribution in [1.82, 2.24) is 0 Å². The number of fused-ring (bicyclic) bond motifs is 6. The molecule has 0 fully saturated rings. The fraction of sp³-hybridized carbons (Fsp3) is 0.0189. The second-order valence-corrected chi connectivity index (χ2v) is 14.4. The highest BCUT2D eigenvalue weighted by Crippen LogP contribution is 2.56. The molecule has 0 aliphatic heterocycles. The number of rotatable bonds is 4. The smallest absolute Gasteiger partial charge is 0.0622 e. The number of hydrogen-bond acceptors (Lipinski definition) is 0. The zero-order valence-corrected chi connectivity index (χ0v) is 29.1. The number of benzene rings is 10. The Kier molecular flexibility index (Phi) is 6.57. The molecule has 0 aromatic heterocycles. The van der Waals surface area contributed by atoms with E-state index in [9.17, 15) is 0 Å². The lowest BCUT2D eigenvalue weighted by molar-refractivity contribution is 0.750. The Hall–Kier alpha value is -6.76. The molecule has 0 saturated heterocycles. The average molecular weight is 671 g/mol. The van der Waals surface area contributed by atoms with Crippen LogP contribution >= 0.6 is 0 Å². The van der Waals surface area contributed by atoms with Crippen molar-refractivity contribution in [3.8, 4) is 33.4 Å². The van der Waals surface area contributed by atoms with Gasteiger partial charge in [-0.15, -0.1) is 0 Å². The van der Waals surface area contributed by atoms with Crippen LogP contribution in [0, 0.1) is 0 Å². The van der Waals surface area contributed by atoms with E-state index in [4.69, 9.17) is 0 Å². The molecule has 0 unspecified atom stereocenters. The minimum Gasteiger partial charge on any atom is -0.0622 e. The highest BCUT2D eigenvalue weighted by molar-refractivity contribution is 6.20. The van der Waals surface area contributed by atoms with Crippen LogP contribution in [0.5, 0.6) is 0 Å². The minimum atomic E-state index is -0.475. The van der Waals surface area contributed by atoms with Crippen LogP contribution < -0.4 is 0 Å². The standard InChI is InChI=1S/C53H34/c1-3-19-39(20-4-1)53(40-21-5-2-6-22-40)49-28-12-11-25-44(49)46-27-14-26-45-42(31-32-50(53)52(45)46)36-17-13-18-38(33-36)51-43-24-10-8-16-37(43)34-48-41-23-9-7-15-35(41)29-30-47(48)51/h1-34H. The van der Waals surface area contributed by atoms with Gasteiger partial charge in [-0.3, -0.25) is 0 Å². The first-order valence-electron chi connectivity index (χ1n) is 18.5. The molecule has 0 heteroatoms. The zero-order valence-electron chi connectivity index (χ0n) is 29.1. The van der Waals surface area contributed by atoms with Gasteiger partial charge < -0.3 is 0 Å². The van der Waals surface area contributed by atoms with Crippen LogP contribution in [0.2, 0.25) is 0 Å². The van der Waals surface area contributed by atoms with Gasteiger partial charge in [0.15, 0.2) is 0 Å². The highest BCUT2D eigenvalue weighted by atomic mass is 14.4. The highest BCUT2D eigenvalue weighted by Gasteiger charge is 2.44.